The minimum atomic E-state index is -0.783. The van der Waals surface area contributed by atoms with E-state index in [9.17, 15) is 9.59 Å². The number of nitrogens with one attached hydrogen (secondary N) is 3. The summed E-state index contributed by atoms with van der Waals surface area (Å²) < 4.78 is 7.12. The Bertz CT molecular complexity index is 1140. The van der Waals surface area contributed by atoms with Gasteiger partial charge in [-0.15, -0.1) is 0 Å². The molecule has 4 rings (SSSR count). The van der Waals surface area contributed by atoms with Gasteiger partial charge < -0.3 is 20.7 Å². The quantitative estimate of drug-likeness (QED) is 0.580. The molecule has 0 aliphatic carbocycles. The summed E-state index contributed by atoms with van der Waals surface area (Å²) in [5.41, 5.74) is 2.40. The number of hydrogen-bond acceptors (Lipinski definition) is 6. The topological polar surface area (TPSA) is 110 Å². The first-order valence-electron chi connectivity index (χ1n) is 10.3. The van der Waals surface area contributed by atoms with Gasteiger partial charge in [-0.3, -0.25) is 9.48 Å². The number of aromatic nitrogens is 3. The van der Waals surface area contributed by atoms with Gasteiger partial charge in [0.25, 0.3) is 0 Å². The summed E-state index contributed by atoms with van der Waals surface area (Å²) in [5, 5.41) is 13.1. The van der Waals surface area contributed by atoms with E-state index in [4.69, 9.17) is 4.74 Å². The summed E-state index contributed by atoms with van der Waals surface area (Å²) >= 11 is 0. The molecule has 0 spiro atoms. The molecular weight excluding hydrogens is 408 g/mol. The van der Waals surface area contributed by atoms with Crippen molar-refractivity contribution in [1.82, 2.24) is 20.1 Å². The van der Waals surface area contributed by atoms with Crippen molar-refractivity contribution in [3.05, 3.63) is 60.6 Å². The molecule has 0 bridgehead atoms. The third kappa shape index (κ3) is 4.72. The van der Waals surface area contributed by atoms with E-state index < -0.39 is 23.8 Å². The van der Waals surface area contributed by atoms with Crippen LogP contribution in [0.5, 0.6) is 0 Å². The summed E-state index contributed by atoms with van der Waals surface area (Å²) in [5.74, 6) is 0.238. The first-order valence-corrected chi connectivity index (χ1v) is 10.3. The van der Waals surface area contributed by atoms with Crippen LogP contribution in [0.4, 0.5) is 16.3 Å². The zero-order valence-electron chi connectivity index (χ0n) is 18.4. The fourth-order valence-corrected chi connectivity index (χ4v) is 3.52. The number of hydrogen-bond donors (Lipinski definition) is 3. The minimum absolute atomic E-state index is 0.285. The number of benzene rings is 1. The molecule has 32 heavy (non-hydrogen) atoms. The third-order valence-corrected chi connectivity index (χ3v) is 4.92. The van der Waals surface area contributed by atoms with Crippen LogP contribution in [0.2, 0.25) is 0 Å². The fraction of sp³-hybridized carbons (Fsp3) is 0.304. The molecule has 0 saturated carbocycles. The number of amides is 2. The largest absolute Gasteiger partial charge is 0.444 e. The number of pyridine rings is 1. The molecular formula is C23H26N6O3. The second-order valence-electron chi connectivity index (χ2n) is 8.67. The van der Waals surface area contributed by atoms with E-state index >= 15 is 0 Å². The van der Waals surface area contributed by atoms with Crippen LogP contribution >= 0.6 is 0 Å². The zero-order chi connectivity index (χ0) is 22.9. The average molecular weight is 435 g/mol. The summed E-state index contributed by atoms with van der Waals surface area (Å²) in [6.45, 7) is 5.36. The number of nitrogens with zero attached hydrogens (tertiary/aromatic N) is 3. The molecule has 1 aliphatic heterocycles. The molecule has 166 valence electrons. The Labute approximate surface area is 186 Å². The maximum atomic E-state index is 13.1. The van der Waals surface area contributed by atoms with E-state index in [-0.39, 0.29) is 5.91 Å². The summed E-state index contributed by atoms with van der Waals surface area (Å²) in [7, 11) is 1.84. The number of fused-ring (bicyclic) bond motifs is 1. The molecule has 0 unspecified atom stereocenters. The van der Waals surface area contributed by atoms with Gasteiger partial charge in [0, 0.05) is 30.6 Å². The van der Waals surface area contributed by atoms with Crippen molar-refractivity contribution in [3.8, 4) is 11.1 Å². The molecule has 1 aliphatic rings. The number of ether oxygens (including phenoxy) is 1. The lowest BCUT2D eigenvalue weighted by Crippen LogP contribution is -2.50. The fourth-order valence-electron chi connectivity index (χ4n) is 3.52. The van der Waals surface area contributed by atoms with E-state index in [0.29, 0.717) is 11.5 Å². The SMILES string of the molecule is Cn1cc(-c2cnc3c(c2)NC(=O)[C@@H]([C@@H](NC(=O)OC(C)(C)C)c2ccccc2)N3)cn1. The van der Waals surface area contributed by atoms with E-state index in [2.05, 4.69) is 26.0 Å². The van der Waals surface area contributed by atoms with Crippen LogP contribution in [0, 0.1) is 0 Å². The zero-order valence-corrected chi connectivity index (χ0v) is 18.4. The Morgan fingerprint density at radius 3 is 2.59 bits per heavy atom. The van der Waals surface area contributed by atoms with Crippen molar-refractivity contribution in [2.24, 2.45) is 7.05 Å². The predicted molar refractivity (Wildman–Crippen MR) is 121 cm³/mol. The maximum absolute atomic E-state index is 13.1. The summed E-state index contributed by atoms with van der Waals surface area (Å²) in [6, 6.07) is 9.68. The number of anilines is 2. The lowest BCUT2D eigenvalue weighted by molar-refractivity contribution is -0.117. The molecule has 0 saturated heterocycles. The van der Waals surface area contributed by atoms with Crippen LogP contribution in [0.1, 0.15) is 32.4 Å². The van der Waals surface area contributed by atoms with Gasteiger partial charge in [-0.05, 0) is 32.4 Å². The Kier molecular flexibility index (Phi) is 5.56. The average Bonchev–Trinajstić information content (AvgIpc) is 3.17. The van der Waals surface area contributed by atoms with Gasteiger partial charge in [-0.25, -0.2) is 9.78 Å². The smallest absolute Gasteiger partial charge is 0.408 e. The Morgan fingerprint density at radius 1 is 1.19 bits per heavy atom. The number of aryl methyl sites for hydroxylation is 1. The third-order valence-electron chi connectivity index (χ3n) is 4.92. The van der Waals surface area contributed by atoms with Gasteiger partial charge in [0.2, 0.25) is 5.91 Å². The summed E-state index contributed by atoms with van der Waals surface area (Å²) in [6.07, 6.45) is 4.73. The molecule has 0 fully saturated rings. The van der Waals surface area contributed by atoms with E-state index in [0.717, 1.165) is 16.7 Å². The highest BCUT2D eigenvalue weighted by molar-refractivity contribution is 6.03. The second-order valence-corrected chi connectivity index (χ2v) is 8.67. The van der Waals surface area contributed by atoms with Crippen LogP contribution in [0.3, 0.4) is 0 Å². The lowest BCUT2D eigenvalue weighted by Gasteiger charge is -2.33. The van der Waals surface area contributed by atoms with Crippen LogP contribution in [-0.2, 0) is 16.6 Å². The molecule has 3 N–H and O–H groups in total. The molecule has 9 heteroatoms. The second kappa shape index (κ2) is 8.33. The van der Waals surface area contributed by atoms with E-state index in [1.807, 2.05) is 49.6 Å². The van der Waals surface area contributed by atoms with Crippen LogP contribution in [0.15, 0.2) is 55.0 Å². The first kappa shape index (κ1) is 21.4. The molecule has 2 aromatic heterocycles. The monoisotopic (exact) mass is 434 g/mol. The van der Waals surface area contributed by atoms with Gasteiger partial charge in [0.15, 0.2) is 5.82 Å². The Hall–Kier alpha value is -3.88. The van der Waals surface area contributed by atoms with Gasteiger partial charge in [-0.1, -0.05) is 30.3 Å². The molecule has 2 atom stereocenters. The van der Waals surface area contributed by atoms with Crippen molar-refractivity contribution in [2.45, 2.75) is 38.5 Å². The molecule has 3 heterocycles. The summed E-state index contributed by atoms with van der Waals surface area (Å²) in [4.78, 5) is 30.1. The van der Waals surface area contributed by atoms with Crippen LogP contribution < -0.4 is 16.0 Å². The molecule has 2 amide bonds. The standard InChI is InChI=1S/C23H26N6O3/c1-23(2,3)32-22(31)28-18(14-8-6-5-7-9-14)19-21(30)26-17-10-15(11-24-20(17)27-19)16-12-25-29(4)13-16/h5-13,18-19H,1-4H3,(H,24,27)(H,26,30)(H,28,31)/t18-,19+/m0/s1. The highest BCUT2D eigenvalue weighted by Crippen LogP contribution is 2.32. The Morgan fingerprint density at radius 2 is 1.94 bits per heavy atom. The van der Waals surface area contributed by atoms with Crippen molar-refractivity contribution in [1.29, 1.82) is 0 Å². The maximum Gasteiger partial charge on any atom is 0.408 e. The molecule has 1 aromatic carbocycles. The van der Waals surface area contributed by atoms with Crippen molar-refractivity contribution in [2.75, 3.05) is 10.6 Å². The highest BCUT2D eigenvalue weighted by atomic mass is 16.6. The number of alkyl carbamates (subject to hydrolysis) is 1. The first-order chi connectivity index (χ1) is 15.2. The van der Waals surface area contributed by atoms with Crippen LogP contribution in [-0.4, -0.2) is 38.4 Å². The highest BCUT2D eigenvalue weighted by Gasteiger charge is 2.36. The van der Waals surface area contributed by atoms with Gasteiger partial charge >= 0.3 is 6.09 Å². The number of rotatable bonds is 4. The van der Waals surface area contributed by atoms with Gasteiger partial charge in [0.1, 0.15) is 11.6 Å². The number of carbonyl (C=O) groups is 2. The van der Waals surface area contributed by atoms with Gasteiger partial charge in [-0.2, -0.15) is 5.10 Å². The van der Waals surface area contributed by atoms with Crippen molar-refractivity contribution >= 4 is 23.5 Å². The van der Waals surface area contributed by atoms with Crippen LogP contribution in [0.25, 0.3) is 11.1 Å². The molecule has 3 aromatic rings. The lowest BCUT2D eigenvalue weighted by atomic mass is 9.97. The van der Waals surface area contributed by atoms with Gasteiger partial charge in [0.05, 0.1) is 17.9 Å². The minimum Gasteiger partial charge on any atom is -0.444 e. The molecule has 0 radical (unpaired) electrons. The van der Waals surface area contributed by atoms with Crippen molar-refractivity contribution < 1.29 is 14.3 Å². The number of carbonyl (C=O) groups excluding carboxylic acids is 2. The van der Waals surface area contributed by atoms with E-state index in [1.165, 1.54) is 0 Å². The molecule has 9 nitrogen and oxygen atoms in total. The normalized spacial score (nSPS) is 16.4. The Balaban J connectivity index is 1.61. The predicted octanol–water partition coefficient (Wildman–Crippen LogP) is 3.48. The van der Waals surface area contributed by atoms with Crippen molar-refractivity contribution in [3.63, 3.8) is 0 Å². The van der Waals surface area contributed by atoms with E-state index in [1.54, 1.807) is 37.8 Å².